The average molecular weight is 369 g/mol. The van der Waals surface area contributed by atoms with E-state index in [1.165, 1.54) is 0 Å². The number of carbonyl (C=O) groups is 1. The number of sulfonamides is 1. The van der Waals surface area contributed by atoms with Gasteiger partial charge < -0.3 is 4.90 Å². The highest BCUT2D eigenvalue weighted by Gasteiger charge is 2.26. The molecule has 8 nitrogen and oxygen atoms in total. The number of aromatic nitrogens is 2. The largest absolute Gasteiger partial charge is 0.324 e. The van der Waals surface area contributed by atoms with E-state index in [-0.39, 0.29) is 11.9 Å². The van der Waals surface area contributed by atoms with E-state index in [2.05, 4.69) is 15.1 Å². The van der Waals surface area contributed by atoms with Crippen LogP contribution in [-0.4, -0.2) is 54.0 Å². The second-order valence-electron chi connectivity index (χ2n) is 7.17. The highest BCUT2D eigenvalue weighted by Crippen LogP contribution is 2.20. The predicted molar refractivity (Wildman–Crippen MR) is 95.9 cm³/mol. The standard InChI is InChI=1S/C16H27N5O3S/c1-12(2)25(23,24)17-10-13-5-3-7-20(11-13)16(22)18-15-9-14-6-4-8-21(14)19-15/h9,12-13,17H,3-8,10-11H2,1-2H3,(H,18,19,22). The zero-order valence-corrected chi connectivity index (χ0v) is 15.7. The molecular formula is C16H27N5O3S. The second kappa shape index (κ2) is 7.33. The number of piperidine rings is 1. The Morgan fingerprint density at radius 1 is 1.36 bits per heavy atom. The van der Waals surface area contributed by atoms with Crippen LogP contribution in [0.5, 0.6) is 0 Å². The highest BCUT2D eigenvalue weighted by atomic mass is 32.2. The van der Waals surface area contributed by atoms with Gasteiger partial charge in [0.2, 0.25) is 10.0 Å². The molecule has 1 atom stereocenters. The number of nitrogens with zero attached hydrogens (tertiary/aromatic N) is 3. The summed E-state index contributed by atoms with van der Waals surface area (Å²) in [4.78, 5) is 14.2. The minimum atomic E-state index is -3.26. The second-order valence-corrected chi connectivity index (χ2v) is 9.50. The summed E-state index contributed by atoms with van der Waals surface area (Å²) in [6.07, 6.45) is 3.91. The molecule has 2 aliphatic rings. The number of amides is 2. The third-order valence-corrected chi connectivity index (χ3v) is 6.71. The number of fused-ring (bicyclic) bond motifs is 1. The van der Waals surface area contributed by atoms with Crippen molar-refractivity contribution in [2.45, 2.75) is 51.3 Å². The summed E-state index contributed by atoms with van der Waals surface area (Å²) in [6.45, 7) is 5.85. The molecule has 0 aromatic carbocycles. The molecule has 9 heteroatoms. The van der Waals surface area contributed by atoms with Crippen molar-refractivity contribution < 1.29 is 13.2 Å². The Labute approximate surface area is 149 Å². The van der Waals surface area contributed by atoms with Gasteiger partial charge in [-0.2, -0.15) is 5.10 Å². The van der Waals surface area contributed by atoms with Crippen molar-refractivity contribution in [3.8, 4) is 0 Å². The Hall–Kier alpha value is -1.61. The maximum absolute atomic E-state index is 12.5. The molecule has 140 valence electrons. The molecule has 1 unspecified atom stereocenters. The maximum atomic E-state index is 12.5. The van der Waals surface area contributed by atoms with Gasteiger partial charge in [0.15, 0.2) is 5.82 Å². The van der Waals surface area contributed by atoms with Crippen LogP contribution in [0.4, 0.5) is 10.6 Å². The van der Waals surface area contributed by atoms with Gasteiger partial charge in [0.25, 0.3) is 0 Å². The number of carbonyl (C=O) groups excluding carboxylic acids is 1. The van der Waals surface area contributed by atoms with Crippen molar-refractivity contribution >= 4 is 21.9 Å². The van der Waals surface area contributed by atoms with Crippen molar-refractivity contribution in [3.63, 3.8) is 0 Å². The Bertz CT molecular complexity index is 707. The molecule has 2 aliphatic heterocycles. The van der Waals surface area contributed by atoms with Gasteiger partial charge in [-0.3, -0.25) is 10.00 Å². The van der Waals surface area contributed by atoms with Crippen LogP contribution in [0.3, 0.4) is 0 Å². The zero-order valence-electron chi connectivity index (χ0n) is 14.9. The van der Waals surface area contributed by atoms with E-state index in [1.807, 2.05) is 10.7 Å². The number of anilines is 1. The number of nitrogens with one attached hydrogen (secondary N) is 2. The summed E-state index contributed by atoms with van der Waals surface area (Å²) < 4.78 is 28.4. The number of hydrogen-bond donors (Lipinski definition) is 2. The Morgan fingerprint density at radius 3 is 2.88 bits per heavy atom. The number of aryl methyl sites for hydroxylation is 2. The fourth-order valence-corrected chi connectivity index (χ4v) is 4.13. The van der Waals surface area contributed by atoms with Crippen LogP contribution in [0.15, 0.2) is 6.07 Å². The van der Waals surface area contributed by atoms with Crippen molar-refractivity contribution in [2.75, 3.05) is 25.0 Å². The molecule has 0 bridgehead atoms. The summed E-state index contributed by atoms with van der Waals surface area (Å²) in [5.74, 6) is 0.738. The van der Waals surface area contributed by atoms with Gasteiger partial charge in [-0.25, -0.2) is 17.9 Å². The molecule has 1 aromatic heterocycles. The molecule has 0 saturated carbocycles. The first kappa shape index (κ1) is 18.2. The molecular weight excluding hydrogens is 342 g/mol. The van der Waals surface area contributed by atoms with Gasteiger partial charge in [0.1, 0.15) is 0 Å². The lowest BCUT2D eigenvalue weighted by atomic mass is 9.99. The highest BCUT2D eigenvalue weighted by molar-refractivity contribution is 7.90. The zero-order chi connectivity index (χ0) is 18.0. The third kappa shape index (κ3) is 4.33. The van der Waals surface area contributed by atoms with Gasteiger partial charge >= 0.3 is 6.03 Å². The SMILES string of the molecule is CC(C)S(=O)(=O)NCC1CCCN(C(=O)Nc2cc3n(n2)CCC3)C1. The van der Waals surface area contributed by atoms with E-state index in [1.54, 1.807) is 18.7 Å². The lowest BCUT2D eigenvalue weighted by Gasteiger charge is -2.32. The maximum Gasteiger partial charge on any atom is 0.323 e. The summed E-state index contributed by atoms with van der Waals surface area (Å²) in [5, 5.41) is 6.82. The smallest absolute Gasteiger partial charge is 0.323 e. The van der Waals surface area contributed by atoms with Crippen LogP contribution in [0.25, 0.3) is 0 Å². The first-order valence-electron chi connectivity index (χ1n) is 8.96. The van der Waals surface area contributed by atoms with Crippen LogP contribution in [0, 0.1) is 5.92 Å². The normalized spacial score (nSPS) is 20.8. The van der Waals surface area contributed by atoms with E-state index in [0.29, 0.717) is 25.5 Å². The number of hydrogen-bond acceptors (Lipinski definition) is 4. The molecule has 3 heterocycles. The van der Waals surface area contributed by atoms with E-state index in [0.717, 1.165) is 37.9 Å². The van der Waals surface area contributed by atoms with Crippen LogP contribution in [0.2, 0.25) is 0 Å². The van der Waals surface area contributed by atoms with Gasteiger partial charge in [-0.1, -0.05) is 0 Å². The predicted octanol–water partition coefficient (Wildman–Crippen LogP) is 1.40. The van der Waals surface area contributed by atoms with Crippen molar-refractivity contribution in [2.24, 2.45) is 5.92 Å². The monoisotopic (exact) mass is 369 g/mol. The van der Waals surface area contributed by atoms with Crippen LogP contribution >= 0.6 is 0 Å². The fourth-order valence-electron chi connectivity index (χ4n) is 3.33. The van der Waals surface area contributed by atoms with E-state index in [9.17, 15) is 13.2 Å². The summed E-state index contributed by atoms with van der Waals surface area (Å²) in [6, 6.07) is 1.77. The van der Waals surface area contributed by atoms with Crippen LogP contribution in [0.1, 0.15) is 38.8 Å². The Morgan fingerprint density at radius 2 is 2.16 bits per heavy atom. The molecule has 25 heavy (non-hydrogen) atoms. The van der Waals surface area contributed by atoms with E-state index in [4.69, 9.17) is 0 Å². The lowest BCUT2D eigenvalue weighted by molar-refractivity contribution is 0.178. The van der Waals surface area contributed by atoms with Gasteiger partial charge in [0, 0.05) is 37.9 Å². The molecule has 0 aliphatic carbocycles. The average Bonchev–Trinajstić information content (AvgIpc) is 3.14. The van der Waals surface area contributed by atoms with Crippen LogP contribution < -0.4 is 10.0 Å². The third-order valence-electron chi connectivity index (χ3n) is 4.90. The van der Waals surface area contributed by atoms with Gasteiger partial charge in [0.05, 0.1) is 5.25 Å². The lowest BCUT2D eigenvalue weighted by Crippen LogP contribution is -2.46. The molecule has 0 spiro atoms. The molecule has 2 amide bonds. The number of urea groups is 1. The van der Waals surface area contributed by atoms with Crippen molar-refractivity contribution in [1.29, 1.82) is 0 Å². The number of likely N-dealkylation sites (tertiary alicyclic amines) is 1. The molecule has 1 saturated heterocycles. The molecule has 2 N–H and O–H groups in total. The fraction of sp³-hybridized carbons (Fsp3) is 0.750. The minimum absolute atomic E-state index is 0.139. The summed E-state index contributed by atoms with van der Waals surface area (Å²) in [7, 11) is -3.26. The van der Waals surface area contributed by atoms with E-state index < -0.39 is 15.3 Å². The molecule has 0 radical (unpaired) electrons. The Kier molecular flexibility index (Phi) is 5.33. The summed E-state index contributed by atoms with van der Waals surface area (Å²) in [5.41, 5.74) is 1.16. The molecule has 1 fully saturated rings. The van der Waals surface area contributed by atoms with Crippen molar-refractivity contribution in [1.82, 2.24) is 19.4 Å². The number of rotatable bonds is 5. The summed E-state index contributed by atoms with van der Waals surface area (Å²) >= 11 is 0. The van der Waals surface area contributed by atoms with Gasteiger partial charge in [-0.05, 0) is 45.4 Å². The first-order chi connectivity index (χ1) is 11.8. The van der Waals surface area contributed by atoms with Crippen LogP contribution in [-0.2, 0) is 23.0 Å². The quantitative estimate of drug-likeness (QED) is 0.820. The van der Waals surface area contributed by atoms with E-state index >= 15 is 0 Å². The molecule has 3 rings (SSSR count). The van der Waals surface area contributed by atoms with Crippen molar-refractivity contribution in [3.05, 3.63) is 11.8 Å². The topological polar surface area (TPSA) is 96.3 Å². The first-order valence-corrected chi connectivity index (χ1v) is 10.5. The Balaban J connectivity index is 1.52. The van der Waals surface area contributed by atoms with Gasteiger partial charge in [-0.15, -0.1) is 0 Å². The molecule has 1 aromatic rings. The minimum Gasteiger partial charge on any atom is -0.324 e.